The van der Waals surface area contributed by atoms with Crippen LogP contribution in [0.5, 0.6) is 0 Å². The number of hydrogen-bond acceptors (Lipinski definition) is 5. The van der Waals surface area contributed by atoms with Gasteiger partial charge in [-0.2, -0.15) is 0 Å². The molecule has 2 aromatic heterocycles. The summed E-state index contributed by atoms with van der Waals surface area (Å²) in [5, 5.41) is 3.99. The van der Waals surface area contributed by atoms with Crippen LogP contribution in [0.3, 0.4) is 0 Å². The van der Waals surface area contributed by atoms with Crippen molar-refractivity contribution in [2.24, 2.45) is 0 Å². The minimum Gasteiger partial charge on any atom is -0.350 e. The molecule has 1 aliphatic heterocycles. The minimum absolute atomic E-state index is 0.0682. The average molecular weight is 308 g/mol. The van der Waals surface area contributed by atoms with Gasteiger partial charge >= 0.3 is 0 Å². The molecule has 106 valence electrons. The maximum absolute atomic E-state index is 11.8. The first-order valence-electron chi connectivity index (χ1n) is 6.57. The normalized spacial score (nSPS) is 13.4. The van der Waals surface area contributed by atoms with Gasteiger partial charge in [-0.1, -0.05) is 11.8 Å². The van der Waals surface area contributed by atoms with Crippen LogP contribution < -0.4 is 5.32 Å². The highest BCUT2D eigenvalue weighted by Gasteiger charge is 2.14. The molecule has 0 atom stereocenters. The minimum atomic E-state index is 0.0682. The third-order valence-corrected chi connectivity index (χ3v) is 5.21. The maximum atomic E-state index is 11.8. The number of amides is 1. The summed E-state index contributed by atoms with van der Waals surface area (Å²) in [5.74, 6) is 1.17. The van der Waals surface area contributed by atoms with Gasteiger partial charge < -0.3 is 9.88 Å². The number of imidazole rings is 1. The molecule has 7 heteroatoms. The van der Waals surface area contributed by atoms with Crippen molar-refractivity contribution in [3.8, 4) is 0 Å². The number of nitrogens with zero attached hydrogens (tertiary/aromatic N) is 3. The molecule has 0 aromatic carbocycles. The number of aromatic nitrogens is 3. The number of nitrogens with one attached hydrogen (secondary N) is 1. The van der Waals surface area contributed by atoms with Crippen LogP contribution in [0.15, 0.2) is 16.9 Å². The van der Waals surface area contributed by atoms with E-state index in [1.165, 1.54) is 4.88 Å². The molecule has 20 heavy (non-hydrogen) atoms. The van der Waals surface area contributed by atoms with E-state index in [1.54, 1.807) is 23.1 Å². The second kappa shape index (κ2) is 5.97. The summed E-state index contributed by atoms with van der Waals surface area (Å²) in [6, 6.07) is 0. The van der Waals surface area contributed by atoms with E-state index in [2.05, 4.69) is 19.9 Å². The van der Waals surface area contributed by atoms with Crippen LogP contribution >= 0.6 is 23.1 Å². The Bertz CT molecular complexity index is 598. The summed E-state index contributed by atoms with van der Waals surface area (Å²) in [6.45, 7) is 3.51. The number of fused-ring (bicyclic) bond motifs is 1. The molecule has 0 unspecified atom stereocenters. The Balaban J connectivity index is 1.46. The molecule has 0 bridgehead atoms. The lowest BCUT2D eigenvalue weighted by molar-refractivity contribution is -0.121. The topological polar surface area (TPSA) is 59.8 Å². The molecule has 2 aromatic rings. The van der Waals surface area contributed by atoms with E-state index in [-0.39, 0.29) is 5.91 Å². The zero-order valence-electron chi connectivity index (χ0n) is 11.3. The molecular formula is C13H16N4OS2. The largest absolute Gasteiger partial charge is 0.350 e. The van der Waals surface area contributed by atoms with Crippen molar-refractivity contribution < 1.29 is 4.79 Å². The highest BCUT2D eigenvalue weighted by Crippen LogP contribution is 2.24. The zero-order valence-corrected chi connectivity index (χ0v) is 12.9. The van der Waals surface area contributed by atoms with E-state index in [0.717, 1.165) is 35.3 Å². The fraction of sp³-hybridized carbons (Fsp3) is 0.462. The molecule has 3 rings (SSSR count). The van der Waals surface area contributed by atoms with Crippen molar-refractivity contribution in [2.75, 3.05) is 5.75 Å². The Morgan fingerprint density at radius 2 is 2.45 bits per heavy atom. The van der Waals surface area contributed by atoms with E-state index in [1.807, 2.05) is 18.6 Å². The summed E-state index contributed by atoms with van der Waals surface area (Å²) in [4.78, 5) is 21.7. The van der Waals surface area contributed by atoms with Crippen LogP contribution in [-0.4, -0.2) is 26.2 Å². The van der Waals surface area contributed by atoms with Crippen molar-refractivity contribution in [1.82, 2.24) is 19.9 Å². The summed E-state index contributed by atoms with van der Waals surface area (Å²) in [5.41, 5.74) is 3.80. The number of thiazole rings is 1. The van der Waals surface area contributed by atoms with E-state index in [4.69, 9.17) is 0 Å². The lowest BCUT2D eigenvalue weighted by Gasteiger charge is -2.03. The fourth-order valence-corrected chi connectivity index (χ4v) is 3.86. The lowest BCUT2D eigenvalue weighted by atomic mass is 10.2. The molecule has 0 aliphatic carbocycles. The number of aryl methyl sites for hydroxylation is 3. The molecule has 1 amide bonds. The van der Waals surface area contributed by atoms with E-state index >= 15 is 0 Å². The molecule has 3 heterocycles. The Morgan fingerprint density at radius 1 is 1.55 bits per heavy atom. The van der Waals surface area contributed by atoms with Gasteiger partial charge in [0.05, 0.1) is 23.4 Å². The first kappa shape index (κ1) is 13.6. The van der Waals surface area contributed by atoms with Gasteiger partial charge in [-0.15, -0.1) is 11.3 Å². The zero-order chi connectivity index (χ0) is 13.9. The Morgan fingerprint density at radius 3 is 3.20 bits per heavy atom. The van der Waals surface area contributed by atoms with E-state index in [0.29, 0.717) is 13.0 Å². The van der Waals surface area contributed by atoms with Crippen molar-refractivity contribution in [3.63, 3.8) is 0 Å². The van der Waals surface area contributed by atoms with Gasteiger partial charge in [0, 0.05) is 29.8 Å². The van der Waals surface area contributed by atoms with Crippen molar-refractivity contribution >= 4 is 29.0 Å². The summed E-state index contributed by atoms with van der Waals surface area (Å²) < 4.78 is 2.15. The smallest absolute Gasteiger partial charge is 0.220 e. The van der Waals surface area contributed by atoms with E-state index < -0.39 is 0 Å². The van der Waals surface area contributed by atoms with E-state index in [9.17, 15) is 4.79 Å². The van der Waals surface area contributed by atoms with Gasteiger partial charge in [-0.25, -0.2) is 9.97 Å². The van der Waals surface area contributed by atoms with Crippen molar-refractivity contribution in [1.29, 1.82) is 0 Å². The third-order valence-electron chi connectivity index (χ3n) is 3.24. The Kier molecular flexibility index (Phi) is 4.07. The molecule has 0 radical (unpaired) electrons. The summed E-state index contributed by atoms with van der Waals surface area (Å²) in [7, 11) is 0. The monoisotopic (exact) mass is 308 g/mol. The Labute approximate surface area is 125 Å². The first-order valence-corrected chi connectivity index (χ1v) is 8.43. The van der Waals surface area contributed by atoms with Crippen LogP contribution in [0, 0.1) is 6.92 Å². The maximum Gasteiger partial charge on any atom is 0.220 e. The number of hydrogen-bond donors (Lipinski definition) is 1. The van der Waals surface area contributed by atoms with Gasteiger partial charge in [0.2, 0.25) is 5.91 Å². The first-order chi connectivity index (χ1) is 9.72. The number of carbonyl (C=O) groups excluding carboxylic acids is 1. The predicted octanol–water partition coefficient (Wildman–Crippen LogP) is 2.00. The van der Waals surface area contributed by atoms with Crippen LogP contribution in [0.2, 0.25) is 0 Å². The number of rotatable bonds is 5. The van der Waals surface area contributed by atoms with Crippen molar-refractivity contribution in [2.45, 2.75) is 38.0 Å². The molecule has 0 fully saturated rings. The Hall–Kier alpha value is -1.34. The second-order valence-corrected chi connectivity index (χ2v) is 6.70. The molecule has 1 aliphatic rings. The van der Waals surface area contributed by atoms with Crippen LogP contribution in [0.1, 0.15) is 22.7 Å². The lowest BCUT2D eigenvalue weighted by Crippen LogP contribution is -2.23. The molecule has 1 N–H and O–H groups in total. The highest BCUT2D eigenvalue weighted by molar-refractivity contribution is 7.99. The molecular weight excluding hydrogens is 292 g/mol. The molecule has 0 saturated heterocycles. The van der Waals surface area contributed by atoms with Gasteiger partial charge in [0.25, 0.3) is 0 Å². The summed E-state index contributed by atoms with van der Waals surface area (Å²) in [6.07, 6.45) is 3.30. The van der Waals surface area contributed by atoms with Crippen molar-refractivity contribution in [3.05, 3.63) is 28.0 Å². The molecule has 5 nitrogen and oxygen atoms in total. The van der Waals surface area contributed by atoms with Gasteiger partial charge in [0.1, 0.15) is 0 Å². The highest BCUT2D eigenvalue weighted by atomic mass is 32.2. The van der Waals surface area contributed by atoms with Crippen LogP contribution in [0.4, 0.5) is 0 Å². The van der Waals surface area contributed by atoms with Gasteiger partial charge in [0.15, 0.2) is 5.16 Å². The molecule has 0 spiro atoms. The third kappa shape index (κ3) is 3.04. The standard InChI is InChI=1S/C13H16N4OS2/c1-9-11(20-8-15-9)2-3-12(18)14-6-10-7-17-4-5-19-13(17)16-10/h7-8H,2-6H2,1H3,(H,14,18). The van der Waals surface area contributed by atoms with Gasteiger partial charge in [-0.05, 0) is 13.3 Å². The quantitative estimate of drug-likeness (QED) is 0.918. The van der Waals surface area contributed by atoms with Crippen LogP contribution in [-0.2, 0) is 24.3 Å². The summed E-state index contributed by atoms with van der Waals surface area (Å²) >= 11 is 3.38. The number of thioether (sulfide) groups is 1. The fourth-order valence-electron chi connectivity index (χ4n) is 2.12. The number of carbonyl (C=O) groups is 1. The van der Waals surface area contributed by atoms with Gasteiger partial charge in [-0.3, -0.25) is 4.79 Å². The predicted molar refractivity (Wildman–Crippen MR) is 80.0 cm³/mol. The molecule has 0 saturated carbocycles. The average Bonchev–Trinajstić information content (AvgIpc) is 3.09. The second-order valence-electron chi connectivity index (χ2n) is 4.69. The van der Waals surface area contributed by atoms with Crippen LogP contribution in [0.25, 0.3) is 0 Å². The SMILES string of the molecule is Cc1ncsc1CCC(=O)NCc1cn2c(n1)SCC2.